The Morgan fingerprint density at radius 2 is 1.88 bits per heavy atom. The lowest BCUT2D eigenvalue weighted by Crippen LogP contribution is -2.57. The number of para-hydroxylation sites is 1. The summed E-state index contributed by atoms with van der Waals surface area (Å²) in [5, 5.41) is 0.312. The maximum absolute atomic E-state index is 13.8. The molecule has 0 saturated carbocycles. The molecule has 25 heavy (non-hydrogen) atoms. The van der Waals surface area contributed by atoms with E-state index in [0.29, 0.717) is 17.4 Å². The van der Waals surface area contributed by atoms with Gasteiger partial charge in [0.05, 0.1) is 6.61 Å². The summed E-state index contributed by atoms with van der Waals surface area (Å²) in [4.78, 5) is 12.1. The van der Waals surface area contributed by atoms with Crippen molar-refractivity contribution in [2.24, 2.45) is 5.73 Å². The largest absolute Gasteiger partial charge is 0.464 e. The number of rotatable bonds is 7. The van der Waals surface area contributed by atoms with Gasteiger partial charge in [0.1, 0.15) is 0 Å². The van der Waals surface area contributed by atoms with Gasteiger partial charge in [-0.1, -0.05) is 38.0 Å². The molecule has 0 aliphatic heterocycles. The van der Waals surface area contributed by atoms with E-state index < -0.39 is 17.7 Å². The first-order chi connectivity index (χ1) is 11.8. The molecule has 0 saturated heterocycles. The molecule has 1 aromatic carbocycles. The molecule has 0 amide bonds. The number of aryl methyl sites for hydroxylation is 1. The van der Waals surface area contributed by atoms with Gasteiger partial charge in [-0.25, -0.2) is 4.79 Å². The second kappa shape index (κ2) is 7.47. The topological polar surface area (TPSA) is 57.2 Å². The van der Waals surface area contributed by atoms with E-state index in [4.69, 9.17) is 5.73 Å². The Hall–Kier alpha value is -2.02. The molecular weight excluding hydrogens is 333 g/mol. The van der Waals surface area contributed by atoms with Gasteiger partial charge < -0.3 is 15.0 Å². The molecular formula is C18H23F3N2O2. The molecule has 1 unspecified atom stereocenters. The summed E-state index contributed by atoms with van der Waals surface area (Å²) in [5.74, 6) is -1.49. The lowest BCUT2D eigenvalue weighted by Gasteiger charge is -2.29. The Kier molecular flexibility index (Phi) is 5.77. The van der Waals surface area contributed by atoms with Gasteiger partial charge in [-0.2, -0.15) is 13.2 Å². The number of fused-ring (bicyclic) bond motifs is 1. The molecule has 0 radical (unpaired) electrons. The average Bonchev–Trinajstić information content (AvgIpc) is 2.93. The van der Waals surface area contributed by atoms with Gasteiger partial charge in [-0.05, 0) is 19.4 Å². The smallest absolute Gasteiger partial charge is 0.421 e. The number of halogens is 3. The minimum atomic E-state index is -4.97. The highest BCUT2D eigenvalue weighted by Gasteiger charge is 2.61. The highest BCUT2D eigenvalue weighted by molar-refractivity contribution is 5.93. The molecule has 0 bridgehead atoms. The molecule has 1 aromatic heterocycles. The molecule has 0 aliphatic carbocycles. The molecule has 0 fully saturated rings. The third-order valence-electron chi connectivity index (χ3n) is 4.26. The van der Waals surface area contributed by atoms with Gasteiger partial charge in [0.25, 0.3) is 0 Å². The van der Waals surface area contributed by atoms with Crippen molar-refractivity contribution in [3.05, 3.63) is 36.0 Å². The van der Waals surface area contributed by atoms with Crippen molar-refractivity contribution in [3.63, 3.8) is 0 Å². The van der Waals surface area contributed by atoms with Crippen molar-refractivity contribution in [3.8, 4) is 0 Å². The lowest BCUT2D eigenvalue weighted by atomic mass is 9.90. The SMILES string of the molecule is CCCCCn1cc(C(N)(C(=O)OCC)C(F)(F)F)c2ccccc21. The number of alkyl halides is 3. The highest BCUT2D eigenvalue weighted by Crippen LogP contribution is 2.41. The number of nitrogens with two attached hydrogens (primary N) is 1. The Labute approximate surface area is 144 Å². The fraction of sp³-hybridized carbons (Fsp3) is 0.500. The number of unbranched alkanes of at least 4 members (excludes halogenated alkanes) is 2. The maximum atomic E-state index is 13.8. The third-order valence-corrected chi connectivity index (χ3v) is 4.26. The van der Waals surface area contributed by atoms with Crippen molar-refractivity contribution in [1.82, 2.24) is 4.57 Å². The van der Waals surface area contributed by atoms with Gasteiger partial charge in [0.2, 0.25) is 5.54 Å². The number of ether oxygens (including phenoxy) is 1. The number of hydrogen-bond acceptors (Lipinski definition) is 3. The molecule has 4 nitrogen and oxygen atoms in total. The number of benzene rings is 1. The van der Waals surface area contributed by atoms with Crippen LogP contribution in [0.15, 0.2) is 30.5 Å². The fourth-order valence-electron chi connectivity index (χ4n) is 2.90. The van der Waals surface area contributed by atoms with Crippen LogP contribution in [0.3, 0.4) is 0 Å². The number of nitrogens with zero attached hydrogens (tertiary/aromatic N) is 1. The van der Waals surface area contributed by atoms with Crippen LogP contribution in [0.25, 0.3) is 10.9 Å². The molecule has 138 valence electrons. The number of esters is 1. The summed E-state index contributed by atoms with van der Waals surface area (Å²) in [7, 11) is 0. The fourth-order valence-corrected chi connectivity index (χ4v) is 2.90. The summed E-state index contributed by atoms with van der Waals surface area (Å²) in [6, 6.07) is 6.66. The second-order valence-corrected chi connectivity index (χ2v) is 5.99. The van der Waals surface area contributed by atoms with Crippen molar-refractivity contribution in [1.29, 1.82) is 0 Å². The van der Waals surface area contributed by atoms with E-state index in [2.05, 4.69) is 11.7 Å². The van der Waals surface area contributed by atoms with E-state index in [0.717, 1.165) is 19.3 Å². The van der Waals surface area contributed by atoms with Crippen LogP contribution in [0.5, 0.6) is 0 Å². The van der Waals surface area contributed by atoms with Crippen molar-refractivity contribution in [2.45, 2.75) is 51.4 Å². The van der Waals surface area contributed by atoms with Crippen molar-refractivity contribution < 1.29 is 22.7 Å². The molecule has 2 rings (SSSR count). The van der Waals surface area contributed by atoms with Crippen LogP contribution in [0.4, 0.5) is 13.2 Å². The van der Waals surface area contributed by atoms with Crippen LogP contribution in [-0.4, -0.2) is 23.3 Å². The van der Waals surface area contributed by atoms with Gasteiger partial charge >= 0.3 is 12.1 Å². The summed E-state index contributed by atoms with van der Waals surface area (Å²) in [6.45, 7) is 3.88. The van der Waals surface area contributed by atoms with E-state index in [1.54, 1.807) is 28.8 Å². The molecule has 0 spiro atoms. The Morgan fingerprint density at radius 3 is 2.48 bits per heavy atom. The summed E-state index contributed by atoms with van der Waals surface area (Å²) in [5.41, 5.74) is 2.80. The Morgan fingerprint density at radius 1 is 1.20 bits per heavy atom. The zero-order valence-electron chi connectivity index (χ0n) is 14.4. The standard InChI is InChI=1S/C18H23F3N2O2/c1-3-5-8-11-23-12-14(13-9-6-7-10-15(13)23)17(22,18(19,20)21)16(24)25-4-2/h6-7,9-10,12H,3-5,8,11,22H2,1-2H3. The maximum Gasteiger partial charge on any atom is 0.421 e. The first-order valence-corrected chi connectivity index (χ1v) is 8.38. The quantitative estimate of drug-likeness (QED) is 0.600. The summed E-state index contributed by atoms with van der Waals surface area (Å²) < 4.78 is 47.7. The summed E-state index contributed by atoms with van der Waals surface area (Å²) >= 11 is 0. The van der Waals surface area contributed by atoms with E-state index in [1.165, 1.54) is 13.1 Å². The Bertz CT molecular complexity index is 739. The minimum Gasteiger partial charge on any atom is -0.464 e. The zero-order valence-corrected chi connectivity index (χ0v) is 14.4. The number of carbonyl (C=O) groups is 1. The molecule has 0 aliphatic rings. The minimum absolute atomic E-state index is 0.178. The van der Waals surface area contributed by atoms with Crippen molar-refractivity contribution >= 4 is 16.9 Å². The predicted octanol–water partition coefficient (Wildman–Crippen LogP) is 4.11. The van der Waals surface area contributed by atoms with E-state index >= 15 is 0 Å². The van der Waals surface area contributed by atoms with Crippen LogP contribution < -0.4 is 5.73 Å². The number of carbonyl (C=O) groups excluding carboxylic acids is 1. The zero-order chi connectivity index (χ0) is 18.7. The second-order valence-electron chi connectivity index (χ2n) is 5.99. The molecule has 1 atom stereocenters. The van der Waals surface area contributed by atoms with Gasteiger partial charge in [0, 0.05) is 29.2 Å². The van der Waals surface area contributed by atoms with Crippen LogP contribution in [0.2, 0.25) is 0 Å². The van der Waals surface area contributed by atoms with Crippen LogP contribution in [-0.2, 0) is 21.6 Å². The van der Waals surface area contributed by atoms with Gasteiger partial charge in [-0.3, -0.25) is 0 Å². The van der Waals surface area contributed by atoms with Crippen LogP contribution in [0.1, 0.15) is 38.7 Å². The number of hydrogen-bond donors (Lipinski definition) is 1. The van der Waals surface area contributed by atoms with Gasteiger partial charge in [0.15, 0.2) is 0 Å². The molecule has 2 aromatic rings. The summed E-state index contributed by atoms with van der Waals surface area (Å²) in [6.07, 6.45) is -0.842. The molecule has 2 N–H and O–H groups in total. The van der Waals surface area contributed by atoms with Crippen LogP contribution >= 0.6 is 0 Å². The first kappa shape index (κ1) is 19.3. The third kappa shape index (κ3) is 3.51. The highest BCUT2D eigenvalue weighted by atomic mass is 19.4. The van der Waals surface area contributed by atoms with Gasteiger partial charge in [-0.15, -0.1) is 0 Å². The van der Waals surface area contributed by atoms with E-state index in [1.807, 2.05) is 0 Å². The monoisotopic (exact) mass is 356 g/mol. The molecule has 7 heteroatoms. The van der Waals surface area contributed by atoms with E-state index in [-0.39, 0.29) is 12.2 Å². The first-order valence-electron chi connectivity index (χ1n) is 8.38. The van der Waals surface area contributed by atoms with E-state index in [9.17, 15) is 18.0 Å². The Balaban J connectivity index is 2.62. The average molecular weight is 356 g/mol. The number of aromatic nitrogens is 1. The molecule has 1 heterocycles. The predicted molar refractivity (Wildman–Crippen MR) is 90.0 cm³/mol. The van der Waals surface area contributed by atoms with Crippen molar-refractivity contribution in [2.75, 3.05) is 6.61 Å². The lowest BCUT2D eigenvalue weighted by molar-refractivity contribution is -0.208. The normalized spacial score (nSPS) is 14.5. The van der Waals surface area contributed by atoms with Crippen LogP contribution in [0, 0.1) is 0 Å².